The summed E-state index contributed by atoms with van der Waals surface area (Å²) in [7, 11) is 0. The molecule has 0 spiro atoms. The van der Waals surface area contributed by atoms with Gasteiger partial charge in [0.05, 0.1) is 17.1 Å². The minimum absolute atomic E-state index is 0.161. The van der Waals surface area contributed by atoms with Gasteiger partial charge in [0.1, 0.15) is 19.0 Å². The third kappa shape index (κ3) is 5.43. The summed E-state index contributed by atoms with van der Waals surface area (Å²) in [4.78, 5) is 24.0. The minimum atomic E-state index is -0.962. The summed E-state index contributed by atoms with van der Waals surface area (Å²) in [5.74, 6) is 0.727. The third-order valence-corrected chi connectivity index (χ3v) is 5.70. The van der Waals surface area contributed by atoms with E-state index >= 15 is 0 Å². The molecular formula is C26H24ClNO6. The smallest absolute Gasteiger partial charge is 0.307 e. The minimum Gasteiger partial charge on any atom is -0.490 e. The van der Waals surface area contributed by atoms with Crippen molar-refractivity contribution in [2.24, 2.45) is 0 Å². The SMILES string of the molecule is Cc1cc(OC[C@@H]2COc3ccccc3O2)cc(C)c1C(=O)Nc1cc(CC(=O)O)ccc1Cl. The second kappa shape index (κ2) is 10.1. The van der Waals surface area contributed by atoms with E-state index in [0.29, 0.717) is 46.5 Å². The quantitative estimate of drug-likeness (QED) is 0.490. The first kappa shape index (κ1) is 23.4. The Labute approximate surface area is 202 Å². The fraction of sp³-hybridized carbons (Fsp3) is 0.231. The van der Waals surface area contributed by atoms with Gasteiger partial charge in [-0.1, -0.05) is 29.8 Å². The molecule has 0 aromatic heterocycles. The highest BCUT2D eigenvalue weighted by atomic mass is 35.5. The standard InChI is InChI=1S/C26H24ClNO6/c1-15-9-18(32-13-19-14-33-22-5-3-4-6-23(22)34-19)10-16(2)25(15)26(31)28-21-11-17(12-24(29)30)7-8-20(21)27/h3-11,19H,12-14H2,1-2H3,(H,28,31)(H,29,30)/t19-/m1/s1. The topological polar surface area (TPSA) is 94.1 Å². The molecule has 7 nitrogen and oxygen atoms in total. The largest absolute Gasteiger partial charge is 0.490 e. The van der Waals surface area contributed by atoms with Crippen LogP contribution in [0, 0.1) is 13.8 Å². The lowest BCUT2D eigenvalue weighted by Crippen LogP contribution is -2.34. The van der Waals surface area contributed by atoms with Crippen molar-refractivity contribution in [2.45, 2.75) is 26.4 Å². The first-order valence-corrected chi connectivity index (χ1v) is 11.1. The molecule has 1 heterocycles. The number of carbonyl (C=O) groups is 2. The van der Waals surface area contributed by atoms with Crippen molar-refractivity contribution in [3.8, 4) is 17.2 Å². The molecule has 0 fully saturated rings. The summed E-state index contributed by atoms with van der Waals surface area (Å²) in [6, 6.07) is 15.8. The van der Waals surface area contributed by atoms with Crippen LogP contribution in [0.5, 0.6) is 17.2 Å². The van der Waals surface area contributed by atoms with Crippen LogP contribution in [0.1, 0.15) is 27.0 Å². The zero-order valence-corrected chi connectivity index (χ0v) is 19.5. The number of hydrogen-bond donors (Lipinski definition) is 2. The van der Waals surface area contributed by atoms with Crippen LogP contribution >= 0.6 is 11.6 Å². The first-order valence-electron chi connectivity index (χ1n) is 10.7. The van der Waals surface area contributed by atoms with E-state index in [1.807, 2.05) is 38.1 Å². The number of amides is 1. The number of aryl methyl sites for hydroxylation is 2. The van der Waals surface area contributed by atoms with Gasteiger partial charge in [-0.3, -0.25) is 9.59 Å². The zero-order valence-electron chi connectivity index (χ0n) is 18.8. The summed E-state index contributed by atoms with van der Waals surface area (Å²) in [5, 5.41) is 12.1. The predicted molar refractivity (Wildman–Crippen MR) is 129 cm³/mol. The van der Waals surface area contributed by atoms with Crippen molar-refractivity contribution in [1.29, 1.82) is 0 Å². The lowest BCUT2D eigenvalue weighted by molar-refractivity contribution is -0.136. The van der Waals surface area contributed by atoms with Gasteiger partial charge in [-0.15, -0.1) is 0 Å². The average molecular weight is 482 g/mol. The Morgan fingerprint density at radius 2 is 1.79 bits per heavy atom. The molecular weight excluding hydrogens is 458 g/mol. The van der Waals surface area contributed by atoms with E-state index in [1.165, 1.54) is 0 Å². The lowest BCUT2D eigenvalue weighted by Gasteiger charge is -2.26. The molecule has 2 N–H and O–H groups in total. The maximum Gasteiger partial charge on any atom is 0.307 e. The number of aliphatic carboxylic acids is 1. The highest BCUT2D eigenvalue weighted by Gasteiger charge is 2.22. The van der Waals surface area contributed by atoms with Gasteiger partial charge in [0, 0.05) is 5.56 Å². The number of halogens is 1. The van der Waals surface area contributed by atoms with Crippen molar-refractivity contribution in [3.63, 3.8) is 0 Å². The Morgan fingerprint density at radius 1 is 1.09 bits per heavy atom. The van der Waals surface area contributed by atoms with Crippen LogP contribution in [-0.4, -0.2) is 36.3 Å². The van der Waals surface area contributed by atoms with Gasteiger partial charge in [-0.2, -0.15) is 0 Å². The van der Waals surface area contributed by atoms with Crippen LogP contribution in [0.25, 0.3) is 0 Å². The molecule has 3 aromatic rings. The fourth-order valence-corrected chi connectivity index (χ4v) is 4.00. The van der Waals surface area contributed by atoms with Crippen molar-refractivity contribution in [2.75, 3.05) is 18.5 Å². The molecule has 0 saturated heterocycles. The number of hydrogen-bond acceptors (Lipinski definition) is 5. The van der Waals surface area contributed by atoms with E-state index in [-0.39, 0.29) is 18.4 Å². The molecule has 0 saturated carbocycles. The molecule has 0 radical (unpaired) electrons. The summed E-state index contributed by atoms with van der Waals surface area (Å²) in [6.45, 7) is 4.34. The molecule has 3 aromatic carbocycles. The van der Waals surface area contributed by atoms with Crippen LogP contribution in [-0.2, 0) is 11.2 Å². The van der Waals surface area contributed by atoms with Crippen LogP contribution in [0.4, 0.5) is 5.69 Å². The normalized spacial score (nSPS) is 14.4. The maximum absolute atomic E-state index is 13.0. The Bertz CT molecular complexity index is 1220. The average Bonchev–Trinajstić information content (AvgIpc) is 2.79. The monoisotopic (exact) mass is 481 g/mol. The van der Waals surface area contributed by atoms with E-state index in [2.05, 4.69) is 5.32 Å². The van der Waals surface area contributed by atoms with Gasteiger partial charge in [-0.05, 0) is 66.9 Å². The van der Waals surface area contributed by atoms with Gasteiger partial charge < -0.3 is 24.6 Å². The molecule has 0 unspecified atom stereocenters. The first-order chi connectivity index (χ1) is 16.3. The fourth-order valence-electron chi connectivity index (χ4n) is 3.84. The number of nitrogens with one attached hydrogen (secondary N) is 1. The Morgan fingerprint density at radius 3 is 2.50 bits per heavy atom. The molecule has 176 valence electrons. The lowest BCUT2D eigenvalue weighted by atomic mass is 10.0. The highest BCUT2D eigenvalue weighted by molar-refractivity contribution is 6.34. The number of benzene rings is 3. The summed E-state index contributed by atoms with van der Waals surface area (Å²) >= 11 is 6.21. The molecule has 4 rings (SSSR count). The number of carboxylic acids is 1. The molecule has 1 amide bonds. The van der Waals surface area contributed by atoms with Crippen molar-refractivity contribution >= 4 is 29.2 Å². The zero-order chi connectivity index (χ0) is 24.2. The number of anilines is 1. The molecule has 1 aliphatic heterocycles. The van der Waals surface area contributed by atoms with E-state index in [4.69, 9.17) is 30.9 Å². The number of ether oxygens (including phenoxy) is 3. The Hall–Kier alpha value is -3.71. The number of para-hydroxylation sites is 2. The predicted octanol–water partition coefficient (Wildman–Crippen LogP) is 5.06. The van der Waals surface area contributed by atoms with E-state index < -0.39 is 5.97 Å². The van der Waals surface area contributed by atoms with E-state index in [0.717, 1.165) is 16.9 Å². The van der Waals surface area contributed by atoms with Gasteiger partial charge in [0.2, 0.25) is 0 Å². The number of fused-ring (bicyclic) bond motifs is 1. The number of rotatable bonds is 7. The van der Waals surface area contributed by atoms with Crippen LogP contribution < -0.4 is 19.5 Å². The van der Waals surface area contributed by atoms with Crippen LogP contribution in [0.2, 0.25) is 5.02 Å². The second-order valence-electron chi connectivity index (χ2n) is 8.08. The molecule has 0 aliphatic carbocycles. The summed E-state index contributed by atoms with van der Waals surface area (Å²) in [5.41, 5.74) is 2.87. The maximum atomic E-state index is 13.0. The van der Waals surface area contributed by atoms with Gasteiger partial charge in [0.15, 0.2) is 17.6 Å². The van der Waals surface area contributed by atoms with Crippen LogP contribution in [0.15, 0.2) is 54.6 Å². The molecule has 1 atom stereocenters. The number of carboxylic acid groups (broad SMARTS) is 1. The Balaban J connectivity index is 1.43. The molecule has 0 bridgehead atoms. The van der Waals surface area contributed by atoms with Gasteiger partial charge in [-0.25, -0.2) is 0 Å². The van der Waals surface area contributed by atoms with E-state index in [9.17, 15) is 9.59 Å². The van der Waals surface area contributed by atoms with Crippen molar-refractivity contribution < 1.29 is 28.9 Å². The Kier molecular flexibility index (Phi) is 6.93. The molecule has 1 aliphatic rings. The highest BCUT2D eigenvalue weighted by Crippen LogP contribution is 2.31. The number of carbonyl (C=O) groups excluding carboxylic acids is 1. The molecule has 8 heteroatoms. The van der Waals surface area contributed by atoms with Gasteiger partial charge in [0.25, 0.3) is 5.91 Å². The second-order valence-corrected chi connectivity index (χ2v) is 8.49. The van der Waals surface area contributed by atoms with Crippen molar-refractivity contribution in [3.05, 3.63) is 81.9 Å². The van der Waals surface area contributed by atoms with E-state index in [1.54, 1.807) is 30.3 Å². The van der Waals surface area contributed by atoms with Crippen molar-refractivity contribution in [1.82, 2.24) is 0 Å². The summed E-state index contributed by atoms with van der Waals surface area (Å²) < 4.78 is 17.6. The van der Waals surface area contributed by atoms with Crippen LogP contribution in [0.3, 0.4) is 0 Å². The van der Waals surface area contributed by atoms with Gasteiger partial charge >= 0.3 is 5.97 Å². The third-order valence-electron chi connectivity index (χ3n) is 5.37. The molecule has 34 heavy (non-hydrogen) atoms. The summed E-state index contributed by atoms with van der Waals surface area (Å²) in [6.07, 6.45) is -0.412.